The first-order chi connectivity index (χ1) is 10.3. The average Bonchev–Trinajstić information content (AvgIpc) is 2.80. The summed E-state index contributed by atoms with van der Waals surface area (Å²) >= 11 is 0. The lowest BCUT2D eigenvalue weighted by Crippen LogP contribution is -2.47. The molecule has 2 atom stereocenters. The fourth-order valence-corrected chi connectivity index (χ4v) is 1.80. The molecule has 0 aliphatic carbocycles. The molecule has 0 saturated heterocycles. The van der Waals surface area contributed by atoms with Gasteiger partial charge >= 0.3 is 6.18 Å². The highest BCUT2D eigenvalue weighted by molar-refractivity contribution is 5.77. The molecule has 3 N–H and O–H groups in total. The SMILES string of the molecule is Cc1ccc(C(O)(CC(=O)NCC(O)C(C)(C)C)C(F)(F)F)o1. The predicted octanol–water partition coefficient (Wildman–Crippen LogP) is 2.25. The number of carbonyl (C=O) groups is 1. The topological polar surface area (TPSA) is 82.7 Å². The molecule has 1 aromatic heterocycles. The van der Waals surface area contributed by atoms with Crippen molar-refractivity contribution in [3.8, 4) is 0 Å². The maximum atomic E-state index is 13.2. The van der Waals surface area contributed by atoms with Gasteiger partial charge in [-0.15, -0.1) is 0 Å². The minimum atomic E-state index is -5.09. The van der Waals surface area contributed by atoms with Gasteiger partial charge in [0, 0.05) is 6.54 Å². The van der Waals surface area contributed by atoms with Gasteiger partial charge in [-0.3, -0.25) is 4.79 Å². The number of furan rings is 1. The number of aryl methyl sites for hydroxylation is 1. The van der Waals surface area contributed by atoms with Gasteiger partial charge in [0.2, 0.25) is 11.5 Å². The van der Waals surface area contributed by atoms with Crippen molar-refractivity contribution < 1.29 is 32.6 Å². The zero-order chi connectivity index (χ0) is 18.1. The van der Waals surface area contributed by atoms with Crippen molar-refractivity contribution in [3.05, 3.63) is 23.7 Å². The van der Waals surface area contributed by atoms with Gasteiger partial charge < -0.3 is 19.9 Å². The van der Waals surface area contributed by atoms with Crippen LogP contribution >= 0.6 is 0 Å². The Kier molecular flexibility index (Phi) is 5.53. The van der Waals surface area contributed by atoms with Gasteiger partial charge in [0.25, 0.3) is 0 Å². The van der Waals surface area contributed by atoms with Crippen molar-refractivity contribution in [1.82, 2.24) is 5.32 Å². The molecule has 0 aromatic carbocycles. The molecule has 23 heavy (non-hydrogen) atoms. The Balaban J connectivity index is 2.85. The van der Waals surface area contributed by atoms with Crippen LogP contribution in [0.15, 0.2) is 16.5 Å². The number of aliphatic hydroxyl groups is 2. The standard InChI is InChI=1S/C15H22F3NO4/c1-9-5-6-11(23-9)14(22,15(16,17)18)7-12(21)19-8-10(20)13(2,3)4/h5-6,10,20,22H,7-8H2,1-4H3,(H,19,21). The second kappa shape index (κ2) is 6.52. The Labute approximate surface area is 132 Å². The Hall–Kier alpha value is -1.54. The highest BCUT2D eigenvalue weighted by Gasteiger charge is 2.58. The molecule has 0 radical (unpaired) electrons. The Morgan fingerprint density at radius 3 is 2.26 bits per heavy atom. The molecule has 0 spiro atoms. The molecule has 1 amide bonds. The molecule has 5 nitrogen and oxygen atoms in total. The molecule has 1 rings (SSSR count). The second-order valence-electron chi connectivity index (χ2n) is 6.63. The number of nitrogens with one attached hydrogen (secondary N) is 1. The molecule has 0 aliphatic rings. The Bertz CT molecular complexity index is 548. The van der Waals surface area contributed by atoms with Crippen LogP contribution in [0.2, 0.25) is 0 Å². The van der Waals surface area contributed by atoms with E-state index in [0.29, 0.717) is 0 Å². The smallest absolute Gasteiger partial charge is 0.425 e. The van der Waals surface area contributed by atoms with Crippen LogP contribution in [0.5, 0.6) is 0 Å². The lowest BCUT2D eigenvalue weighted by atomic mass is 9.89. The fourth-order valence-electron chi connectivity index (χ4n) is 1.80. The summed E-state index contributed by atoms with van der Waals surface area (Å²) in [6, 6.07) is 2.26. The van der Waals surface area contributed by atoms with E-state index in [2.05, 4.69) is 5.32 Å². The number of rotatable bonds is 5. The van der Waals surface area contributed by atoms with Gasteiger partial charge in [0.1, 0.15) is 11.5 Å². The summed E-state index contributed by atoms with van der Waals surface area (Å²) in [4.78, 5) is 11.8. The molecule has 0 saturated carbocycles. The average molecular weight is 337 g/mol. The number of aliphatic hydroxyl groups excluding tert-OH is 1. The maximum Gasteiger partial charge on any atom is 0.425 e. The van der Waals surface area contributed by atoms with Gasteiger partial charge in [-0.05, 0) is 24.5 Å². The quantitative estimate of drug-likeness (QED) is 0.770. The lowest BCUT2D eigenvalue weighted by Gasteiger charge is -2.29. The van der Waals surface area contributed by atoms with Gasteiger partial charge in [-0.1, -0.05) is 20.8 Å². The predicted molar refractivity (Wildman–Crippen MR) is 76.5 cm³/mol. The van der Waals surface area contributed by atoms with E-state index in [9.17, 15) is 28.2 Å². The van der Waals surface area contributed by atoms with E-state index in [1.807, 2.05) is 0 Å². The molecule has 8 heteroatoms. The molecule has 2 unspecified atom stereocenters. The molecule has 1 heterocycles. The normalized spacial score (nSPS) is 16.7. The third-order valence-electron chi connectivity index (χ3n) is 3.53. The van der Waals surface area contributed by atoms with Crippen LogP contribution in [0.25, 0.3) is 0 Å². The van der Waals surface area contributed by atoms with Crippen LogP contribution in [0.4, 0.5) is 13.2 Å². The van der Waals surface area contributed by atoms with E-state index in [1.165, 1.54) is 13.0 Å². The van der Waals surface area contributed by atoms with Crippen LogP contribution in [0.3, 0.4) is 0 Å². The Morgan fingerprint density at radius 1 is 1.30 bits per heavy atom. The van der Waals surface area contributed by atoms with E-state index < -0.39 is 41.4 Å². The van der Waals surface area contributed by atoms with E-state index in [-0.39, 0.29) is 12.3 Å². The maximum absolute atomic E-state index is 13.2. The van der Waals surface area contributed by atoms with Gasteiger partial charge in [-0.2, -0.15) is 13.2 Å². The highest BCUT2D eigenvalue weighted by Crippen LogP contribution is 2.42. The first-order valence-electron chi connectivity index (χ1n) is 7.08. The third kappa shape index (κ3) is 4.71. The first kappa shape index (κ1) is 19.5. The van der Waals surface area contributed by atoms with Crippen LogP contribution in [0, 0.1) is 12.3 Å². The summed E-state index contributed by atoms with van der Waals surface area (Å²) in [6.07, 6.45) is -7.27. The highest BCUT2D eigenvalue weighted by atomic mass is 19.4. The van der Waals surface area contributed by atoms with Crippen molar-refractivity contribution in [2.75, 3.05) is 6.54 Å². The molecular formula is C15H22F3NO4. The van der Waals surface area contributed by atoms with Crippen molar-refractivity contribution >= 4 is 5.91 Å². The summed E-state index contributed by atoms with van der Waals surface area (Å²) in [5.74, 6) is -1.59. The largest absolute Gasteiger partial charge is 0.463 e. The van der Waals surface area contributed by atoms with Crippen molar-refractivity contribution in [1.29, 1.82) is 0 Å². The second-order valence-corrected chi connectivity index (χ2v) is 6.63. The zero-order valence-electron chi connectivity index (χ0n) is 13.5. The van der Waals surface area contributed by atoms with Crippen LogP contribution in [-0.2, 0) is 10.4 Å². The lowest BCUT2D eigenvalue weighted by molar-refractivity contribution is -0.273. The summed E-state index contributed by atoms with van der Waals surface area (Å²) in [6.45, 7) is 6.39. The minimum absolute atomic E-state index is 0.186. The minimum Gasteiger partial charge on any atom is -0.463 e. The molecular weight excluding hydrogens is 315 g/mol. The third-order valence-corrected chi connectivity index (χ3v) is 3.53. The molecule has 0 fully saturated rings. The van der Waals surface area contributed by atoms with E-state index in [1.54, 1.807) is 20.8 Å². The number of hydrogen-bond donors (Lipinski definition) is 3. The molecule has 0 bridgehead atoms. The van der Waals surface area contributed by atoms with E-state index in [0.717, 1.165) is 6.07 Å². The van der Waals surface area contributed by atoms with Crippen LogP contribution in [0.1, 0.15) is 38.7 Å². The van der Waals surface area contributed by atoms with Gasteiger partial charge in [0.15, 0.2) is 0 Å². The summed E-state index contributed by atoms with van der Waals surface area (Å²) in [7, 11) is 0. The zero-order valence-corrected chi connectivity index (χ0v) is 13.5. The number of hydrogen-bond acceptors (Lipinski definition) is 4. The number of halogens is 3. The van der Waals surface area contributed by atoms with Crippen LogP contribution in [-0.4, -0.2) is 34.9 Å². The summed E-state index contributed by atoms with van der Waals surface area (Å²) < 4.78 is 44.5. The number of amides is 1. The van der Waals surface area contributed by atoms with Gasteiger partial charge in [0.05, 0.1) is 12.5 Å². The van der Waals surface area contributed by atoms with E-state index in [4.69, 9.17) is 4.42 Å². The van der Waals surface area contributed by atoms with E-state index >= 15 is 0 Å². The van der Waals surface area contributed by atoms with Crippen molar-refractivity contribution in [2.24, 2.45) is 5.41 Å². The summed E-state index contributed by atoms with van der Waals surface area (Å²) in [5, 5.41) is 22.0. The monoisotopic (exact) mass is 337 g/mol. The Morgan fingerprint density at radius 2 is 1.87 bits per heavy atom. The van der Waals surface area contributed by atoms with Crippen LogP contribution < -0.4 is 5.32 Å². The van der Waals surface area contributed by atoms with Crippen molar-refractivity contribution in [2.45, 2.75) is 52.0 Å². The van der Waals surface area contributed by atoms with Gasteiger partial charge in [-0.25, -0.2) is 0 Å². The molecule has 1 aromatic rings. The summed E-state index contributed by atoms with van der Waals surface area (Å²) in [5.41, 5.74) is -3.95. The molecule has 132 valence electrons. The number of alkyl halides is 3. The molecule has 0 aliphatic heterocycles. The fraction of sp³-hybridized carbons (Fsp3) is 0.667. The number of carbonyl (C=O) groups excluding carboxylic acids is 1. The van der Waals surface area contributed by atoms with Crippen molar-refractivity contribution in [3.63, 3.8) is 0 Å². The first-order valence-corrected chi connectivity index (χ1v) is 7.08.